The molecule has 3 aromatic rings. The van der Waals surface area contributed by atoms with Crippen molar-refractivity contribution in [3.8, 4) is 0 Å². The topological polar surface area (TPSA) is 58.1 Å². The number of hydrogen-bond acceptors (Lipinski definition) is 4. The predicted octanol–water partition coefficient (Wildman–Crippen LogP) is 4.15. The highest BCUT2D eigenvalue weighted by atomic mass is 16.2. The van der Waals surface area contributed by atoms with Crippen LogP contribution in [0.1, 0.15) is 27.0 Å². The summed E-state index contributed by atoms with van der Waals surface area (Å²) in [6, 6.07) is 13.7. The van der Waals surface area contributed by atoms with Crippen molar-refractivity contribution < 1.29 is 4.79 Å². The van der Waals surface area contributed by atoms with Gasteiger partial charge in [0.2, 0.25) is 0 Å². The van der Waals surface area contributed by atoms with Crippen LogP contribution < -0.4 is 5.32 Å². The van der Waals surface area contributed by atoms with Crippen molar-refractivity contribution in [3.05, 3.63) is 83.3 Å². The van der Waals surface area contributed by atoms with Crippen LogP contribution in [-0.2, 0) is 6.42 Å². The zero-order chi connectivity index (χ0) is 19.2. The predicted molar refractivity (Wildman–Crippen MR) is 108 cm³/mol. The van der Waals surface area contributed by atoms with Gasteiger partial charge in [0.25, 0.3) is 5.91 Å². The Morgan fingerprint density at radius 2 is 1.81 bits per heavy atom. The summed E-state index contributed by atoms with van der Waals surface area (Å²) >= 11 is 0. The third kappa shape index (κ3) is 4.91. The van der Waals surface area contributed by atoms with Crippen molar-refractivity contribution in [2.75, 3.05) is 18.9 Å². The first kappa shape index (κ1) is 18.6. The molecule has 0 radical (unpaired) electrons. The van der Waals surface area contributed by atoms with Crippen LogP contribution in [0.5, 0.6) is 0 Å². The van der Waals surface area contributed by atoms with Gasteiger partial charge in [-0.25, -0.2) is 4.98 Å². The lowest BCUT2D eigenvalue weighted by Gasteiger charge is -2.18. The number of aryl methyl sites for hydroxylation is 2. The first-order valence-electron chi connectivity index (χ1n) is 8.97. The second kappa shape index (κ2) is 8.45. The van der Waals surface area contributed by atoms with E-state index in [1.165, 1.54) is 5.56 Å². The van der Waals surface area contributed by atoms with Crippen molar-refractivity contribution in [2.24, 2.45) is 0 Å². The van der Waals surface area contributed by atoms with Gasteiger partial charge in [0, 0.05) is 43.4 Å². The van der Waals surface area contributed by atoms with Crippen molar-refractivity contribution in [1.29, 1.82) is 0 Å². The Kier molecular flexibility index (Phi) is 5.81. The van der Waals surface area contributed by atoms with E-state index < -0.39 is 0 Å². The molecule has 0 aliphatic carbocycles. The minimum atomic E-state index is -0.0181. The molecule has 5 heteroatoms. The van der Waals surface area contributed by atoms with Gasteiger partial charge in [-0.1, -0.05) is 12.1 Å². The summed E-state index contributed by atoms with van der Waals surface area (Å²) in [6.07, 6.45) is 6.00. The molecule has 5 nitrogen and oxygen atoms in total. The normalized spacial score (nSPS) is 10.5. The Morgan fingerprint density at radius 1 is 1.04 bits per heavy atom. The number of anilines is 2. The summed E-state index contributed by atoms with van der Waals surface area (Å²) in [4.78, 5) is 22.9. The van der Waals surface area contributed by atoms with Crippen LogP contribution in [0, 0.1) is 13.8 Å². The number of benzene rings is 1. The van der Waals surface area contributed by atoms with Crippen LogP contribution in [0.15, 0.2) is 61.1 Å². The van der Waals surface area contributed by atoms with Gasteiger partial charge in [-0.15, -0.1) is 0 Å². The molecule has 0 saturated carbocycles. The van der Waals surface area contributed by atoms with Crippen molar-refractivity contribution in [2.45, 2.75) is 20.3 Å². The quantitative estimate of drug-likeness (QED) is 0.717. The number of aromatic nitrogens is 2. The van der Waals surface area contributed by atoms with E-state index in [0.717, 1.165) is 23.2 Å². The van der Waals surface area contributed by atoms with Gasteiger partial charge in [0.15, 0.2) is 0 Å². The number of likely N-dealkylation sites (N-methyl/N-ethyl adjacent to an activating group) is 1. The molecule has 1 aromatic carbocycles. The largest absolute Gasteiger partial charge is 0.341 e. The molecular weight excluding hydrogens is 336 g/mol. The Morgan fingerprint density at radius 3 is 2.59 bits per heavy atom. The summed E-state index contributed by atoms with van der Waals surface area (Å²) in [5.74, 6) is 0.646. The van der Waals surface area contributed by atoms with Gasteiger partial charge in [0.05, 0.1) is 0 Å². The zero-order valence-electron chi connectivity index (χ0n) is 15.9. The molecule has 2 aromatic heterocycles. The number of hydrogen-bond donors (Lipinski definition) is 1. The third-order valence-corrected chi connectivity index (χ3v) is 4.49. The second-order valence-corrected chi connectivity index (χ2v) is 6.71. The molecule has 1 amide bonds. The lowest BCUT2D eigenvalue weighted by atomic mass is 10.1. The van der Waals surface area contributed by atoms with Crippen molar-refractivity contribution >= 4 is 17.4 Å². The molecule has 0 saturated heterocycles. The maximum atomic E-state index is 12.7. The van der Waals surface area contributed by atoms with E-state index in [9.17, 15) is 4.79 Å². The summed E-state index contributed by atoms with van der Waals surface area (Å²) in [6.45, 7) is 4.74. The Balaban J connectivity index is 1.68. The number of pyridine rings is 2. The van der Waals surface area contributed by atoms with Crippen LogP contribution in [0.3, 0.4) is 0 Å². The van der Waals surface area contributed by atoms with E-state index in [1.807, 2.05) is 26.1 Å². The standard InChI is InChI=1S/C22H24N4O/c1-16-4-5-17(2)20(14-16)25-21-15-19(8-12-24-21)22(27)26(3)13-9-18-6-10-23-11-7-18/h4-8,10-12,14-15H,9,13H2,1-3H3,(H,24,25). The van der Waals surface area contributed by atoms with Gasteiger partial charge in [-0.2, -0.15) is 0 Å². The number of nitrogens with one attached hydrogen (secondary N) is 1. The Bertz CT molecular complexity index is 925. The first-order valence-corrected chi connectivity index (χ1v) is 8.97. The molecule has 0 atom stereocenters. The third-order valence-electron chi connectivity index (χ3n) is 4.49. The highest BCUT2D eigenvalue weighted by Crippen LogP contribution is 2.21. The average molecular weight is 360 g/mol. The second-order valence-electron chi connectivity index (χ2n) is 6.71. The number of amides is 1. The van der Waals surface area contributed by atoms with E-state index in [2.05, 4.69) is 40.4 Å². The monoisotopic (exact) mass is 360 g/mol. The van der Waals surface area contributed by atoms with Crippen molar-refractivity contribution in [1.82, 2.24) is 14.9 Å². The molecule has 0 fully saturated rings. The number of rotatable bonds is 6. The van der Waals surface area contributed by atoms with E-state index in [-0.39, 0.29) is 5.91 Å². The van der Waals surface area contributed by atoms with E-state index >= 15 is 0 Å². The summed E-state index contributed by atoms with van der Waals surface area (Å²) in [5.41, 5.74) is 5.09. The molecule has 27 heavy (non-hydrogen) atoms. The van der Waals surface area contributed by atoms with Crippen LogP contribution in [0.25, 0.3) is 0 Å². The van der Waals surface area contributed by atoms with Gasteiger partial charge >= 0.3 is 0 Å². The minimum absolute atomic E-state index is 0.0181. The highest BCUT2D eigenvalue weighted by molar-refractivity contribution is 5.94. The average Bonchev–Trinajstić information content (AvgIpc) is 2.69. The Hall–Kier alpha value is -3.21. The molecule has 0 aliphatic heterocycles. The zero-order valence-corrected chi connectivity index (χ0v) is 15.9. The highest BCUT2D eigenvalue weighted by Gasteiger charge is 2.13. The molecule has 0 unspecified atom stereocenters. The minimum Gasteiger partial charge on any atom is -0.341 e. The molecule has 0 aliphatic rings. The van der Waals surface area contributed by atoms with Gasteiger partial charge < -0.3 is 10.2 Å². The molecule has 0 bridgehead atoms. The maximum absolute atomic E-state index is 12.7. The van der Waals surface area contributed by atoms with Gasteiger partial charge in [-0.3, -0.25) is 9.78 Å². The van der Waals surface area contributed by atoms with E-state index in [0.29, 0.717) is 17.9 Å². The molecule has 2 heterocycles. The lowest BCUT2D eigenvalue weighted by molar-refractivity contribution is 0.0796. The fourth-order valence-electron chi connectivity index (χ4n) is 2.81. The number of carbonyl (C=O) groups is 1. The molecule has 0 spiro atoms. The number of nitrogens with zero attached hydrogens (tertiary/aromatic N) is 3. The Labute approximate surface area is 160 Å². The van der Waals surface area contributed by atoms with Gasteiger partial charge in [0.1, 0.15) is 5.82 Å². The molecular formula is C22H24N4O. The van der Waals surface area contributed by atoms with Crippen molar-refractivity contribution in [3.63, 3.8) is 0 Å². The summed E-state index contributed by atoms with van der Waals surface area (Å²) < 4.78 is 0. The molecule has 3 rings (SSSR count). The van der Waals surface area contributed by atoms with E-state index in [1.54, 1.807) is 35.6 Å². The molecule has 138 valence electrons. The van der Waals surface area contributed by atoms with Crippen LogP contribution in [0.4, 0.5) is 11.5 Å². The maximum Gasteiger partial charge on any atom is 0.253 e. The summed E-state index contributed by atoms with van der Waals surface area (Å²) in [7, 11) is 1.82. The van der Waals surface area contributed by atoms with E-state index in [4.69, 9.17) is 0 Å². The molecule has 1 N–H and O–H groups in total. The number of carbonyl (C=O) groups excluding carboxylic acids is 1. The van der Waals surface area contributed by atoms with Crippen LogP contribution >= 0.6 is 0 Å². The summed E-state index contributed by atoms with van der Waals surface area (Å²) in [5, 5.41) is 3.32. The smallest absolute Gasteiger partial charge is 0.253 e. The fraction of sp³-hybridized carbons (Fsp3) is 0.227. The lowest BCUT2D eigenvalue weighted by Crippen LogP contribution is -2.28. The SMILES string of the molecule is Cc1ccc(C)c(Nc2cc(C(=O)N(C)CCc3ccncc3)ccn2)c1. The van der Waals surface area contributed by atoms with Crippen LogP contribution in [-0.4, -0.2) is 34.4 Å². The fourth-order valence-corrected chi connectivity index (χ4v) is 2.81. The van der Waals surface area contributed by atoms with Crippen LogP contribution in [0.2, 0.25) is 0 Å². The van der Waals surface area contributed by atoms with Gasteiger partial charge in [-0.05, 0) is 67.3 Å². The first-order chi connectivity index (χ1) is 13.0.